The number of hydrazone groups is 1. The molecule has 7 rings (SSSR count). The number of likely N-dealkylation sites (N-methyl/N-ethyl adjacent to an activating group) is 1. The van der Waals surface area contributed by atoms with Gasteiger partial charge in [-0.2, -0.15) is 5.10 Å². The number of methoxy groups -OCH3 is 2. The Labute approximate surface area is 199 Å². The minimum atomic E-state index is 0.188. The highest BCUT2D eigenvalue weighted by atomic mass is 16.5. The fraction of sp³-hybridized carbons (Fsp3) is 0.750. The monoisotopic (exact) mass is 451 g/mol. The molecule has 0 aromatic heterocycles. The van der Waals surface area contributed by atoms with E-state index in [1.54, 1.807) is 14.2 Å². The van der Waals surface area contributed by atoms with E-state index < -0.39 is 0 Å². The van der Waals surface area contributed by atoms with E-state index in [1.165, 1.54) is 56.2 Å². The fourth-order valence-corrected chi connectivity index (χ4v) is 9.01. The number of hydrogen-bond acceptors (Lipinski definition) is 5. The van der Waals surface area contributed by atoms with Crippen LogP contribution in [0.2, 0.25) is 0 Å². The molecule has 1 aliphatic heterocycles. The lowest BCUT2D eigenvalue weighted by Crippen LogP contribution is -2.50. The maximum absolute atomic E-state index is 5.64. The zero-order valence-corrected chi connectivity index (χ0v) is 20.7. The van der Waals surface area contributed by atoms with Crippen molar-refractivity contribution in [3.8, 4) is 11.5 Å². The van der Waals surface area contributed by atoms with Gasteiger partial charge in [-0.3, -0.25) is 0 Å². The van der Waals surface area contributed by atoms with Crippen LogP contribution in [-0.2, 0) is 5.41 Å². The molecular weight excluding hydrogens is 410 g/mol. The SMILES string of the molecule is COc1ccc([C@@]23CCC(=NNCC45CC6CC(CC(C6)C4)C5)C[C@@H]2N(C)CC3)cc1OC. The van der Waals surface area contributed by atoms with Crippen molar-refractivity contribution in [3.05, 3.63) is 23.8 Å². The molecule has 5 aliphatic carbocycles. The van der Waals surface area contributed by atoms with Crippen molar-refractivity contribution in [2.45, 2.75) is 75.7 Å². The van der Waals surface area contributed by atoms with Gasteiger partial charge < -0.3 is 19.8 Å². The number of fused-ring (bicyclic) bond motifs is 1. The highest BCUT2D eigenvalue weighted by Crippen LogP contribution is 2.59. The summed E-state index contributed by atoms with van der Waals surface area (Å²) in [7, 11) is 5.74. The first-order valence-electron chi connectivity index (χ1n) is 13.2. The largest absolute Gasteiger partial charge is 0.493 e. The Balaban J connectivity index is 1.16. The quantitative estimate of drug-likeness (QED) is 0.619. The Kier molecular flexibility index (Phi) is 5.39. The summed E-state index contributed by atoms with van der Waals surface area (Å²) in [6.45, 7) is 2.24. The Morgan fingerprint density at radius 1 is 1.00 bits per heavy atom. The molecule has 5 nitrogen and oxygen atoms in total. The van der Waals surface area contributed by atoms with E-state index in [2.05, 4.69) is 35.6 Å². The van der Waals surface area contributed by atoms with Crippen molar-refractivity contribution in [1.82, 2.24) is 10.3 Å². The van der Waals surface area contributed by atoms with Crippen molar-refractivity contribution in [2.24, 2.45) is 28.3 Å². The van der Waals surface area contributed by atoms with Gasteiger partial charge in [0.1, 0.15) is 0 Å². The third kappa shape index (κ3) is 3.66. The third-order valence-electron chi connectivity index (χ3n) is 10.2. The van der Waals surface area contributed by atoms with Gasteiger partial charge in [-0.1, -0.05) is 6.07 Å². The van der Waals surface area contributed by atoms with E-state index >= 15 is 0 Å². The van der Waals surface area contributed by atoms with Crippen LogP contribution >= 0.6 is 0 Å². The summed E-state index contributed by atoms with van der Waals surface area (Å²) in [6, 6.07) is 7.07. The molecule has 1 N–H and O–H groups in total. The Hall–Kier alpha value is -1.75. The van der Waals surface area contributed by atoms with Crippen molar-refractivity contribution in [1.29, 1.82) is 0 Å². The highest BCUT2D eigenvalue weighted by Gasteiger charge is 2.51. The summed E-state index contributed by atoms with van der Waals surface area (Å²) in [5, 5.41) is 5.04. The fourth-order valence-electron chi connectivity index (χ4n) is 9.01. The summed E-state index contributed by atoms with van der Waals surface area (Å²) in [6.07, 6.45) is 13.4. The zero-order valence-electron chi connectivity index (χ0n) is 20.7. The smallest absolute Gasteiger partial charge is 0.161 e. The van der Waals surface area contributed by atoms with Gasteiger partial charge in [0.05, 0.1) is 14.2 Å². The molecule has 0 spiro atoms. The molecule has 33 heavy (non-hydrogen) atoms. The van der Waals surface area contributed by atoms with Crippen LogP contribution < -0.4 is 14.9 Å². The van der Waals surface area contributed by atoms with E-state index in [9.17, 15) is 0 Å². The molecule has 1 saturated heterocycles. The van der Waals surface area contributed by atoms with Crippen LogP contribution in [-0.4, -0.2) is 51.0 Å². The Bertz CT molecular complexity index is 892. The van der Waals surface area contributed by atoms with E-state index in [1.807, 2.05) is 0 Å². The van der Waals surface area contributed by atoms with E-state index in [0.717, 1.165) is 61.6 Å². The highest BCUT2D eigenvalue weighted by molar-refractivity contribution is 5.86. The van der Waals surface area contributed by atoms with Gasteiger partial charge in [0, 0.05) is 30.1 Å². The molecule has 180 valence electrons. The molecule has 1 heterocycles. The van der Waals surface area contributed by atoms with Crippen LogP contribution in [0.5, 0.6) is 11.5 Å². The van der Waals surface area contributed by atoms with Gasteiger partial charge in [0.2, 0.25) is 0 Å². The maximum atomic E-state index is 5.64. The molecule has 0 unspecified atom stereocenters. The topological polar surface area (TPSA) is 46.1 Å². The van der Waals surface area contributed by atoms with E-state index in [4.69, 9.17) is 14.6 Å². The summed E-state index contributed by atoms with van der Waals surface area (Å²) in [5.41, 5.74) is 7.12. The van der Waals surface area contributed by atoms with Crippen LogP contribution in [0.4, 0.5) is 0 Å². The molecule has 0 radical (unpaired) electrons. The lowest BCUT2D eigenvalue weighted by molar-refractivity contribution is -0.0511. The molecule has 4 bridgehead atoms. The lowest BCUT2D eigenvalue weighted by atomic mass is 9.49. The first-order valence-corrected chi connectivity index (χ1v) is 13.2. The van der Waals surface area contributed by atoms with Crippen LogP contribution in [0.25, 0.3) is 0 Å². The Morgan fingerprint density at radius 2 is 1.70 bits per heavy atom. The molecule has 1 aromatic rings. The average Bonchev–Trinajstić information content (AvgIpc) is 3.14. The molecule has 2 atom stereocenters. The summed E-state index contributed by atoms with van der Waals surface area (Å²) >= 11 is 0. The number of rotatable bonds is 6. The summed E-state index contributed by atoms with van der Waals surface area (Å²) in [4.78, 5) is 2.56. The summed E-state index contributed by atoms with van der Waals surface area (Å²) < 4.78 is 11.1. The van der Waals surface area contributed by atoms with Gasteiger partial charge >= 0.3 is 0 Å². The van der Waals surface area contributed by atoms with E-state index in [-0.39, 0.29) is 5.41 Å². The van der Waals surface area contributed by atoms with Gasteiger partial charge in [-0.05, 0) is 112 Å². The van der Waals surface area contributed by atoms with Gasteiger partial charge in [-0.15, -0.1) is 0 Å². The molecule has 5 saturated carbocycles. The predicted molar refractivity (Wildman–Crippen MR) is 132 cm³/mol. The second kappa shape index (κ2) is 8.18. The van der Waals surface area contributed by atoms with Crippen molar-refractivity contribution < 1.29 is 9.47 Å². The van der Waals surface area contributed by atoms with Crippen molar-refractivity contribution in [2.75, 3.05) is 34.4 Å². The second-order valence-corrected chi connectivity index (χ2v) is 12.1. The third-order valence-corrected chi connectivity index (χ3v) is 10.2. The van der Waals surface area contributed by atoms with Crippen molar-refractivity contribution >= 4 is 5.71 Å². The van der Waals surface area contributed by atoms with Crippen molar-refractivity contribution in [3.63, 3.8) is 0 Å². The predicted octanol–water partition coefficient (Wildman–Crippen LogP) is 4.99. The van der Waals surface area contributed by atoms with Gasteiger partial charge in [0.25, 0.3) is 0 Å². The molecule has 6 aliphatic rings. The molecule has 0 amide bonds. The number of benzene rings is 1. The minimum Gasteiger partial charge on any atom is -0.493 e. The Morgan fingerprint density at radius 3 is 2.36 bits per heavy atom. The van der Waals surface area contributed by atoms with Gasteiger partial charge in [0.15, 0.2) is 11.5 Å². The molecule has 6 fully saturated rings. The zero-order chi connectivity index (χ0) is 22.6. The lowest BCUT2D eigenvalue weighted by Gasteiger charge is -2.56. The second-order valence-electron chi connectivity index (χ2n) is 12.1. The number of ether oxygens (including phenoxy) is 2. The normalized spacial score (nSPS) is 40.8. The minimum absolute atomic E-state index is 0.188. The number of nitrogens with zero attached hydrogens (tertiary/aromatic N) is 2. The van der Waals surface area contributed by atoms with Crippen LogP contribution in [0.15, 0.2) is 23.3 Å². The molecule has 5 heteroatoms. The number of nitrogens with one attached hydrogen (secondary N) is 1. The van der Waals surface area contributed by atoms with Crippen LogP contribution in [0.1, 0.15) is 69.8 Å². The number of likely N-dealkylation sites (tertiary alicyclic amines) is 1. The van der Waals surface area contributed by atoms with Crippen LogP contribution in [0.3, 0.4) is 0 Å². The van der Waals surface area contributed by atoms with Gasteiger partial charge in [-0.25, -0.2) is 0 Å². The average molecular weight is 452 g/mol. The molecule has 1 aromatic carbocycles. The maximum Gasteiger partial charge on any atom is 0.161 e. The first kappa shape index (κ1) is 21.8. The first-order chi connectivity index (χ1) is 16.0. The molecular formula is C28H41N3O2. The van der Waals surface area contributed by atoms with E-state index in [0.29, 0.717) is 11.5 Å². The standard InChI is InChI=1S/C28H41N3O2/c1-31-9-8-28(22-4-5-24(32-2)25(13-22)33-3)7-6-23(14-26(28)31)30-29-18-27-15-19-10-20(16-27)12-21(11-19)17-27/h4-5,13,19-21,26,29H,6-12,14-18H2,1-3H3/t19?,20?,21?,26-,27?,28-/m0/s1. The summed E-state index contributed by atoms with van der Waals surface area (Å²) in [5.74, 6) is 4.68. The van der Waals surface area contributed by atoms with Crippen LogP contribution in [0, 0.1) is 23.2 Å². The number of hydrogen-bond donors (Lipinski definition) is 1.